The van der Waals surface area contributed by atoms with E-state index < -0.39 is 0 Å². The van der Waals surface area contributed by atoms with Crippen molar-refractivity contribution >= 4 is 26.4 Å². The van der Waals surface area contributed by atoms with E-state index >= 15 is 0 Å². The molecule has 0 aromatic carbocycles. The quantitative estimate of drug-likeness (QED) is 0.320. The van der Waals surface area contributed by atoms with Crippen molar-refractivity contribution in [2.24, 2.45) is 0 Å². The molecule has 14 heavy (non-hydrogen) atoms. The average Bonchev–Trinajstić information content (AvgIpc) is 2.15. The molecule has 1 nitrogen and oxygen atoms in total. The van der Waals surface area contributed by atoms with Crippen molar-refractivity contribution in [1.29, 1.82) is 0 Å². The van der Waals surface area contributed by atoms with Gasteiger partial charge in [-0.15, -0.1) is 0 Å². The van der Waals surface area contributed by atoms with Crippen molar-refractivity contribution in [2.75, 3.05) is 0 Å². The molecule has 0 rings (SSSR count). The van der Waals surface area contributed by atoms with E-state index in [9.17, 15) is 4.79 Å². The van der Waals surface area contributed by atoms with E-state index in [1.807, 2.05) is 22.6 Å². The third-order valence-electron chi connectivity index (χ3n) is 2.48. The molecule has 0 spiro atoms. The molecular formula is C12H23IO. The van der Waals surface area contributed by atoms with Crippen molar-refractivity contribution in [2.45, 2.75) is 71.1 Å². The summed E-state index contributed by atoms with van der Waals surface area (Å²) in [5.41, 5.74) is 0. The first-order chi connectivity index (χ1) is 6.77. The maximum atomic E-state index is 10.6. The van der Waals surface area contributed by atoms with Gasteiger partial charge in [-0.05, 0) is 29.0 Å². The topological polar surface area (TPSA) is 17.1 Å². The lowest BCUT2D eigenvalue weighted by atomic mass is 10.1. The molecule has 0 fully saturated rings. The monoisotopic (exact) mass is 310 g/mol. The highest BCUT2D eigenvalue weighted by Crippen LogP contribution is 2.11. The normalized spacial score (nSPS) is 10.4. The summed E-state index contributed by atoms with van der Waals surface area (Å²) in [4.78, 5) is 10.6. The lowest BCUT2D eigenvalue weighted by Crippen LogP contribution is -1.85. The van der Waals surface area contributed by atoms with Gasteiger partial charge in [0.15, 0.2) is 3.79 Å². The number of halogens is 1. The Kier molecular flexibility index (Phi) is 11.8. The molecule has 0 radical (unpaired) electrons. The first-order valence-electron chi connectivity index (χ1n) is 5.95. The molecule has 0 bridgehead atoms. The average molecular weight is 310 g/mol. The Morgan fingerprint density at radius 1 is 0.857 bits per heavy atom. The number of hydrogen-bond donors (Lipinski definition) is 0. The Labute approximate surface area is 102 Å². The first kappa shape index (κ1) is 14.4. The number of rotatable bonds is 10. The van der Waals surface area contributed by atoms with Gasteiger partial charge in [0.05, 0.1) is 0 Å². The van der Waals surface area contributed by atoms with Crippen LogP contribution in [0.15, 0.2) is 0 Å². The number of unbranched alkanes of at least 4 members (excludes halogenated alkanes) is 8. The summed E-state index contributed by atoms with van der Waals surface area (Å²) < 4.78 is 0.311. The summed E-state index contributed by atoms with van der Waals surface area (Å²) >= 11 is 1.89. The summed E-state index contributed by atoms with van der Waals surface area (Å²) in [7, 11) is 0. The summed E-state index contributed by atoms with van der Waals surface area (Å²) in [6.45, 7) is 2.25. The largest absolute Gasteiger partial charge is 0.288 e. The van der Waals surface area contributed by atoms with Crippen molar-refractivity contribution in [3.63, 3.8) is 0 Å². The smallest absolute Gasteiger partial charge is 0.192 e. The maximum Gasteiger partial charge on any atom is 0.192 e. The summed E-state index contributed by atoms with van der Waals surface area (Å²) in [5, 5.41) is 0. The SMILES string of the molecule is CCCCCCCCCCCC(=O)I. The molecule has 0 N–H and O–H groups in total. The second-order valence-electron chi connectivity index (χ2n) is 3.93. The molecule has 0 atom stereocenters. The van der Waals surface area contributed by atoms with Crippen LogP contribution in [-0.4, -0.2) is 3.79 Å². The standard InChI is InChI=1S/C12H23IO/c1-2-3-4-5-6-7-8-9-10-11-12(13)14/h2-11H2,1H3. The molecule has 0 aliphatic rings. The van der Waals surface area contributed by atoms with Crippen LogP contribution in [0.4, 0.5) is 0 Å². The highest BCUT2D eigenvalue weighted by atomic mass is 127. The Morgan fingerprint density at radius 3 is 1.71 bits per heavy atom. The highest BCUT2D eigenvalue weighted by Gasteiger charge is 1.95. The molecular weight excluding hydrogens is 287 g/mol. The Balaban J connectivity index is 2.88. The predicted molar refractivity (Wildman–Crippen MR) is 70.9 cm³/mol. The van der Waals surface area contributed by atoms with Crippen molar-refractivity contribution in [3.8, 4) is 0 Å². The second kappa shape index (κ2) is 11.5. The third kappa shape index (κ3) is 12.4. The number of hydrogen-bond acceptors (Lipinski definition) is 1. The molecule has 0 amide bonds. The Hall–Kier alpha value is 0.400. The zero-order valence-corrected chi connectivity index (χ0v) is 11.5. The van der Waals surface area contributed by atoms with Gasteiger partial charge in [-0.2, -0.15) is 0 Å². The van der Waals surface area contributed by atoms with Crippen LogP contribution in [0, 0.1) is 0 Å². The van der Waals surface area contributed by atoms with Crippen LogP contribution in [0.3, 0.4) is 0 Å². The van der Waals surface area contributed by atoms with Crippen molar-refractivity contribution in [3.05, 3.63) is 0 Å². The van der Waals surface area contributed by atoms with Crippen LogP contribution in [0.25, 0.3) is 0 Å². The lowest BCUT2D eigenvalue weighted by Gasteiger charge is -2.00. The highest BCUT2D eigenvalue weighted by molar-refractivity contribution is 14.1. The van der Waals surface area contributed by atoms with Gasteiger partial charge in [0.25, 0.3) is 0 Å². The van der Waals surface area contributed by atoms with E-state index in [0.29, 0.717) is 3.79 Å². The minimum Gasteiger partial charge on any atom is -0.288 e. The van der Waals surface area contributed by atoms with Gasteiger partial charge in [0.1, 0.15) is 0 Å². The minimum atomic E-state index is 0.311. The molecule has 0 aromatic heterocycles. The molecule has 0 aliphatic heterocycles. The van der Waals surface area contributed by atoms with E-state index in [4.69, 9.17) is 0 Å². The van der Waals surface area contributed by atoms with Crippen LogP contribution in [0.2, 0.25) is 0 Å². The lowest BCUT2D eigenvalue weighted by molar-refractivity contribution is -0.109. The van der Waals surface area contributed by atoms with E-state index in [2.05, 4.69) is 6.92 Å². The molecule has 0 saturated heterocycles. The molecule has 2 heteroatoms. The Morgan fingerprint density at radius 2 is 1.29 bits per heavy atom. The zero-order chi connectivity index (χ0) is 10.6. The fourth-order valence-electron chi connectivity index (χ4n) is 1.57. The van der Waals surface area contributed by atoms with Crippen molar-refractivity contribution in [1.82, 2.24) is 0 Å². The van der Waals surface area contributed by atoms with Crippen LogP contribution < -0.4 is 0 Å². The molecule has 0 heterocycles. The fourth-order valence-corrected chi connectivity index (χ4v) is 1.96. The summed E-state index contributed by atoms with van der Waals surface area (Å²) in [5.74, 6) is 0. The van der Waals surface area contributed by atoms with E-state index in [1.54, 1.807) is 0 Å². The molecule has 84 valence electrons. The molecule has 0 aliphatic carbocycles. The van der Waals surface area contributed by atoms with Gasteiger partial charge in [-0.1, -0.05) is 58.3 Å². The van der Waals surface area contributed by atoms with Crippen LogP contribution in [0.5, 0.6) is 0 Å². The Bertz CT molecular complexity index is 134. The third-order valence-corrected chi connectivity index (χ3v) is 3.02. The minimum absolute atomic E-state index is 0.311. The number of carbonyl (C=O) groups is 1. The zero-order valence-electron chi connectivity index (χ0n) is 9.36. The van der Waals surface area contributed by atoms with E-state index in [0.717, 1.165) is 12.8 Å². The summed E-state index contributed by atoms with van der Waals surface area (Å²) in [6, 6.07) is 0. The van der Waals surface area contributed by atoms with E-state index in [1.165, 1.54) is 51.4 Å². The number of carbonyl (C=O) groups excluding carboxylic acids is 1. The van der Waals surface area contributed by atoms with Crippen LogP contribution >= 0.6 is 22.6 Å². The van der Waals surface area contributed by atoms with Gasteiger partial charge in [0.2, 0.25) is 0 Å². The second-order valence-corrected chi connectivity index (χ2v) is 5.14. The maximum absolute atomic E-state index is 10.6. The predicted octanol–water partition coefficient (Wildman–Crippen LogP) is 4.87. The first-order valence-corrected chi connectivity index (χ1v) is 7.03. The summed E-state index contributed by atoms with van der Waals surface area (Å²) in [6.07, 6.45) is 12.7. The van der Waals surface area contributed by atoms with E-state index in [-0.39, 0.29) is 0 Å². The van der Waals surface area contributed by atoms with Gasteiger partial charge in [0, 0.05) is 6.42 Å². The van der Waals surface area contributed by atoms with Crippen LogP contribution in [0.1, 0.15) is 71.1 Å². The van der Waals surface area contributed by atoms with Gasteiger partial charge < -0.3 is 0 Å². The molecule has 0 unspecified atom stereocenters. The van der Waals surface area contributed by atoms with Gasteiger partial charge >= 0.3 is 0 Å². The van der Waals surface area contributed by atoms with Crippen LogP contribution in [-0.2, 0) is 4.79 Å². The molecule has 0 aromatic rings. The van der Waals surface area contributed by atoms with Crippen molar-refractivity contribution < 1.29 is 4.79 Å². The molecule has 0 saturated carbocycles. The van der Waals surface area contributed by atoms with Gasteiger partial charge in [-0.3, -0.25) is 4.79 Å². The van der Waals surface area contributed by atoms with Gasteiger partial charge in [-0.25, -0.2) is 0 Å². The fraction of sp³-hybridized carbons (Fsp3) is 0.917.